The number of carbonyl (C=O) groups is 2. The van der Waals surface area contributed by atoms with E-state index in [0.717, 1.165) is 31.4 Å². The summed E-state index contributed by atoms with van der Waals surface area (Å²) in [5.74, 6) is 2.07. The standard InChI is InChI=1S/C24H34O5/c1-13-16-8-10-27-19(16)12-18-17(13)11-20(28-14(2)25)22-23(4,5)21(29-15(3)26)7-9-24(18,22)6/h8,10,13,17-18,20-22H,7,9,11-12H2,1-6H3/t13-,17-,18-,20-,21-,22-,24+/m0/s1. The van der Waals surface area contributed by atoms with Crippen molar-refractivity contribution < 1.29 is 23.5 Å². The van der Waals surface area contributed by atoms with Crippen LogP contribution in [0.3, 0.4) is 0 Å². The van der Waals surface area contributed by atoms with Gasteiger partial charge in [0, 0.05) is 31.6 Å². The first kappa shape index (κ1) is 20.5. The highest BCUT2D eigenvalue weighted by Crippen LogP contribution is 2.65. The SMILES string of the molecule is CC(=O)O[C@H]1C[C@H]2[C@@H](C)c3ccoc3C[C@@H]2[C@@]2(C)CC[C@H](OC(C)=O)C(C)(C)[C@H]12. The maximum Gasteiger partial charge on any atom is 0.302 e. The topological polar surface area (TPSA) is 65.7 Å². The first-order chi connectivity index (χ1) is 13.6. The van der Waals surface area contributed by atoms with Gasteiger partial charge in [-0.05, 0) is 54.1 Å². The molecule has 3 aliphatic rings. The Bertz CT molecular complexity index is 808. The summed E-state index contributed by atoms with van der Waals surface area (Å²) < 4.78 is 17.6. The van der Waals surface area contributed by atoms with Crippen LogP contribution in [0.1, 0.15) is 78.0 Å². The number of ether oxygens (including phenoxy) is 2. The van der Waals surface area contributed by atoms with Crippen LogP contribution >= 0.6 is 0 Å². The summed E-state index contributed by atoms with van der Waals surface area (Å²) in [6.07, 6.45) is 5.08. The molecule has 0 bridgehead atoms. The highest BCUT2D eigenvalue weighted by Gasteiger charge is 2.64. The van der Waals surface area contributed by atoms with E-state index >= 15 is 0 Å². The average Bonchev–Trinajstić information content (AvgIpc) is 3.07. The molecule has 160 valence electrons. The maximum absolute atomic E-state index is 12.0. The number of rotatable bonds is 2. The molecule has 0 radical (unpaired) electrons. The summed E-state index contributed by atoms with van der Waals surface area (Å²) in [5.41, 5.74) is 1.01. The fraction of sp³-hybridized carbons (Fsp3) is 0.750. The number of carbonyl (C=O) groups excluding carboxylic acids is 2. The van der Waals surface area contributed by atoms with Crippen molar-refractivity contribution in [3.05, 3.63) is 23.7 Å². The van der Waals surface area contributed by atoms with Gasteiger partial charge in [-0.2, -0.15) is 0 Å². The highest BCUT2D eigenvalue weighted by atomic mass is 16.5. The normalized spacial score (nSPS) is 40.2. The monoisotopic (exact) mass is 402 g/mol. The van der Waals surface area contributed by atoms with E-state index in [1.807, 2.05) is 6.26 Å². The van der Waals surface area contributed by atoms with E-state index in [9.17, 15) is 9.59 Å². The molecule has 1 aromatic rings. The van der Waals surface area contributed by atoms with Crippen molar-refractivity contribution in [2.45, 2.75) is 85.4 Å². The molecule has 1 heterocycles. The summed E-state index contributed by atoms with van der Waals surface area (Å²) in [6.45, 7) is 12.0. The van der Waals surface area contributed by atoms with Crippen LogP contribution in [0.25, 0.3) is 0 Å². The lowest BCUT2D eigenvalue weighted by Crippen LogP contribution is -2.63. The van der Waals surface area contributed by atoms with Crippen molar-refractivity contribution in [1.29, 1.82) is 0 Å². The van der Waals surface area contributed by atoms with Gasteiger partial charge < -0.3 is 13.9 Å². The van der Waals surface area contributed by atoms with Gasteiger partial charge in [-0.25, -0.2) is 0 Å². The highest BCUT2D eigenvalue weighted by molar-refractivity contribution is 5.66. The minimum Gasteiger partial charge on any atom is -0.469 e. The Morgan fingerprint density at radius 3 is 2.48 bits per heavy atom. The van der Waals surface area contributed by atoms with Crippen LogP contribution in [0.2, 0.25) is 0 Å². The minimum absolute atomic E-state index is 0.0120. The van der Waals surface area contributed by atoms with E-state index in [1.165, 1.54) is 19.4 Å². The van der Waals surface area contributed by atoms with Crippen LogP contribution in [0.15, 0.2) is 16.7 Å². The minimum atomic E-state index is -0.281. The summed E-state index contributed by atoms with van der Waals surface area (Å²) in [6, 6.07) is 2.10. The Balaban J connectivity index is 1.77. The summed E-state index contributed by atoms with van der Waals surface area (Å²) in [5, 5.41) is 0. The zero-order valence-electron chi connectivity index (χ0n) is 18.5. The van der Waals surface area contributed by atoms with Gasteiger partial charge >= 0.3 is 11.9 Å². The van der Waals surface area contributed by atoms with Crippen LogP contribution in [-0.4, -0.2) is 24.1 Å². The molecular formula is C24H34O5. The molecule has 0 amide bonds. The lowest BCUT2D eigenvalue weighted by atomic mass is 9.42. The van der Waals surface area contributed by atoms with Crippen LogP contribution < -0.4 is 0 Å². The molecule has 3 aliphatic carbocycles. The molecule has 5 nitrogen and oxygen atoms in total. The largest absolute Gasteiger partial charge is 0.469 e. The molecule has 2 saturated carbocycles. The fourth-order valence-electron chi connectivity index (χ4n) is 7.43. The van der Waals surface area contributed by atoms with Gasteiger partial charge in [0.25, 0.3) is 0 Å². The van der Waals surface area contributed by atoms with Crippen molar-refractivity contribution in [3.8, 4) is 0 Å². The van der Waals surface area contributed by atoms with E-state index in [2.05, 4.69) is 33.8 Å². The Kier molecular flexibility index (Phi) is 4.86. The van der Waals surface area contributed by atoms with Gasteiger partial charge in [-0.15, -0.1) is 0 Å². The van der Waals surface area contributed by atoms with Crippen molar-refractivity contribution in [3.63, 3.8) is 0 Å². The van der Waals surface area contributed by atoms with Crippen molar-refractivity contribution >= 4 is 11.9 Å². The summed E-state index contributed by atoms with van der Waals surface area (Å²) in [4.78, 5) is 23.8. The second-order valence-corrected chi connectivity index (χ2v) is 10.4. The van der Waals surface area contributed by atoms with E-state index in [-0.39, 0.29) is 40.9 Å². The Hall–Kier alpha value is -1.78. The number of fused-ring (bicyclic) bond motifs is 4. The van der Waals surface area contributed by atoms with Crippen molar-refractivity contribution in [2.75, 3.05) is 0 Å². The fourth-order valence-corrected chi connectivity index (χ4v) is 7.43. The number of furan rings is 1. The van der Waals surface area contributed by atoms with Gasteiger partial charge in [0.2, 0.25) is 0 Å². The number of hydrogen-bond donors (Lipinski definition) is 0. The summed E-state index contributed by atoms with van der Waals surface area (Å²) in [7, 11) is 0. The third kappa shape index (κ3) is 3.12. The molecule has 0 aromatic carbocycles. The molecule has 7 atom stereocenters. The van der Waals surface area contributed by atoms with Crippen LogP contribution in [-0.2, 0) is 25.5 Å². The van der Waals surface area contributed by atoms with E-state index in [0.29, 0.717) is 17.8 Å². The van der Waals surface area contributed by atoms with Gasteiger partial charge in [-0.1, -0.05) is 27.7 Å². The lowest BCUT2D eigenvalue weighted by Gasteiger charge is -2.64. The predicted molar refractivity (Wildman–Crippen MR) is 108 cm³/mol. The molecular weight excluding hydrogens is 368 g/mol. The predicted octanol–water partition coefficient (Wildman–Crippen LogP) is 4.88. The number of esters is 2. The van der Waals surface area contributed by atoms with Crippen LogP contribution in [0.5, 0.6) is 0 Å². The Morgan fingerprint density at radius 1 is 1.14 bits per heavy atom. The van der Waals surface area contributed by atoms with Crippen LogP contribution in [0.4, 0.5) is 0 Å². The first-order valence-electron chi connectivity index (χ1n) is 11.0. The van der Waals surface area contributed by atoms with E-state index in [1.54, 1.807) is 0 Å². The van der Waals surface area contributed by atoms with Crippen molar-refractivity contribution in [2.24, 2.45) is 28.6 Å². The average molecular weight is 403 g/mol. The molecule has 29 heavy (non-hydrogen) atoms. The zero-order valence-corrected chi connectivity index (χ0v) is 18.5. The molecule has 2 fully saturated rings. The molecule has 5 heteroatoms. The maximum atomic E-state index is 12.0. The molecule has 1 aromatic heterocycles. The third-order valence-corrected chi connectivity index (χ3v) is 8.47. The van der Waals surface area contributed by atoms with E-state index < -0.39 is 0 Å². The molecule has 0 spiro atoms. The zero-order chi connectivity index (χ0) is 21.1. The molecule has 4 rings (SSSR count). The van der Waals surface area contributed by atoms with E-state index in [4.69, 9.17) is 13.9 Å². The second-order valence-electron chi connectivity index (χ2n) is 10.4. The second kappa shape index (κ2) is 6.88. The van der Waals surface area contributed by atoms with Crippen LogP contribution in [0, 0.1) is 28.6 Å². The van der Waals surface area contributed by atoms with Crippen molar-refractivity contribution in [1.82, 2.24) is 0 Å². The molecule has 0 saturated heterocycles. The summed E-state index contributed by atoms with van der Waals surface area (Å²) >= 11 is 0. The first-order valence-corrected chi connectivity index (χ1v) is 11.0. The molecule has 0 unspecified atom stereocenters. The third-order valence-electron chi connectivity index (χ3n) is 8.47. The Morgan fingerprint density at radius 2 is 1.83 bits per heavy atom. The van der Waals surface area contributed by atoms with Gasteiger partial charge in [0.1, 0.15) is 18.0 Å². The molecule has 0 aliphatic heterocycles. The van der Waals surface area contributed by atoms with Gasteiger partial charge in [0.05, 0.1) is 6.26 Å². The molecule has 0 N–H and O–H groups in total. The smallest absolute Gasteiger partial charge is 0.302 e. The Labute approximate surface area is 173 Å². The number of hydrogen-bond acceptors (Lipinski definition) is 5. The quantitative estimate of drug-likeness (QED) is 0.660. The van der Waals surface area contributed by atoms with Gasteiger partial charge in [0.15, 0.2) is 0 Å². The van der Waals surface area contributed by atoms with Gasteiger partial charge in [-0.3, -0.25) is 9.59 Å². The lowest BCUT2D eigenvalue weighted by molar-refractivity contribution is -0.220.